The Morgan fingerprint density at radius 2 is 1.88 bits per heavy atom. The molecule has 7 heteroatoms. The van der Waals surface area contributed by atoms with Crippen LogP contribution in [0.2, 0.25) is 0 Å². The van der Waals surface area contributed by atoms with Gasteiger partial charge in [-0.1, -0.05) is 36.4 Å². The number of aromatic nitrogens is 1. The van der Waals surface area contributed by atoms with Crippen molar-refractivity contribution >= 4 is 29.1 Å². The van der Waals surface area contributed by atoms with E-state index in [1.807, 2.05) is 42.6 Å². The van der Waals surface area contributed by atoms with Crippen LogP contribution >= 0.6 is 0 Å². The van der Waals surface area contributed by atoms with Crippen LogP contribution in [0.1, 0.15) is 27.5 Å². The first-order valence-electron chi connectivity index (χ1n) is 8.14. The number of benzene rings is 2. The number of nitrogens with zero attached hydrogens (tertiary/aromatic N) is 1. The number of nitrogens with one attached hydrogen (secondary N) is 3. The molecule has 3 amide bonds. The number of para-hydroxylation sites is 1. The van der Waals surface area contributed by atoms with Crippen molar-refractivity contribution in [3.8, 4) is 0 Å². The van der Waals surface area contributed by atoms with Gasteiger partial charge in [0, 0.05) is 28.2 Å². The first-order chi connectivity index (χ1) is 12.7. The summed E-state index contributed by atoms with van der Waals surface area (Å²) in [7, 11) is 0. The van der Waals surface area contributed by atoms with Gasteiger partial charge in [-0.2, -0.15) is 0 Å². The van der Waals surface area contributed by atoms with Gasteiger partial charge in [-0.05, 0) is 17.7 Å². The van der Waals surface area contributed by atoms with E-state index in [0.717, 1.165) is 22.0 Å². The Bertz CT molecular complexity index is 1010. The topological polar surface area (TPSA) is 94.3 Å². The number of amides is 3. The maximum Gasteiger partial charge on any atom is 0.258 e. The average Bonchev–Trinajstić information content (AvgIpc) is 3.20. The maximum absolute atomic E-state index is 12.9. The third-order valence-corrected chi connectivity index (χ3v) is 4.56. The molecular weight excluding hydrogens is 332 g/mol. The predicted molar refractivity (Wildman–Crippen MR) is 95.0 cm³/mol. The number of fused-ring (bicyclic) bond motifs is 2. The Kier molecular flexibility index (Phi) is 3.89. The van der Waals surface area contributed by atoms with Gasteiger partial charge in [-0.3, -0.25) is 25.2 Å². The van der Waals surface area contributed by atoms with Crippen molar-refractivity contribution in [1.82, 2.24) is 20.7 Å². The number of aromatic amines is 1. The summed E-state index contributed by atoms with van der Waals surface area (Å²) in [6.45, 7) is -0.168. The molecule has 3 N–H and O–H groups in total. The summed E-state index contributed by atoms with van der Waals surface area (Å²) in [5.41, 5.74) is 7.70. The molecule has 26 heavy (non-hydrogen) atoms. The summed E-state index contributed by atoms with van der Waals surface area (Å²) >= 11 is 0. The number of hydrogen-bond acceptors (Lipinski definition) is 3. The molecule has 1 atom stereocenters. The predicted octanol–water partition coefficient (Wildman–Crippen LogP) is 1.49. The maximum atomic E-state index is 12.9. The molecule has 0 saturated carbocycles. The average molecular weight is 348 g/mol. The van der Waals surface area contributed by atoms with Gasteiger partial charge in [0.25, 0.3) is 11.8 Å². The molecule has 3 aromatic rings. The van der Waals surface area contributed by atoms with E-state index in [1.54, 1.807) is 12.1 Å². The summed E-state index contributed by atoms with van der Waals surface area (Å²) in [4.78, 5) is 40.1. The molecule has 0 radical (unpaired) electrons. The molecule has 0 saturated heterocycles. The highest BCUT2D eigenvalue weighted by Gasteiger charge is 2.39. The molecule has 0 fully saturated rings. The SMILES string of the molecule is O=CNNC(=O)CN1C(=O)c2ccccc2C1c1c[nH]c2ccccc12. The number of hydrogen-bond donors (Lipinski definition) is 3. The van der Waals surface area contributed by atoms with E-state index in [9.17, 15) is 14.4 Å². The molecule has 0 bridgehead atoms. The minimum atomic E-state index is -0.469. The quantitative estimate of drug-likeness (QED) is 0.482. The van der Waals surface area contributed by atoms with Gasteiger partial charge < -0.3 is 9.88 Å². The van der Waals surface area contributed by atoms with Crippen molar-refractivity contribution in [1.29, 1.82) is 0 Å². The second kappa shape index (κ2) is 6.36. The zero-order valence-corrected chi connectivity index (χ0v) is 13.7. The molecule has 1 aliphatic rings. The summed E-state index contributed by atoms with van der Waals surface area (Å²) in [5, 5.41) is 0.999. The number of hydrazine groups is 1. The largest absolute Gasteiger partial charge is 0.361 e. The van der Waals surface area contributed by atoms with E-state index in [-0.39, 0.29) is 18.5 Å². The van der Waals surface area contributed by atoms with Crippen LogP contribution in [0.25, 0.3) is 10.9 Å². The van der Waals surface area contributed by atoms with Gasteiger partial charge in [0.2, 0.25) is 6.41 Å². The van der Waals surface area contributed by atoms with E-state index in [0.29, 0.717) is 12.0 Å². The highest BCUT2D eigenvalue weighted by molar-refractivity contribution is 6.02. The number of rotatable bonds is 5. The number of carbonyl (C=O) groups excluding carboxylic acids is 3. The third kappa shape index (κ3) is 2.50. The van der Waals surface area contributed by atoms with Crippen molar-refractivity contribution in [2.75, 3.05) is 6.54 Å². The van der Waals surface area contributed by atoms with Crippen LogP contribution in [0.15, 0.2) is 54.7 Å². The molecule has 2 heterocycles. The van der Waals surface area contributed by atoms with E-state index in [4.69, 9.17) is 0 Å². The van der Waals surface area contributed by atoms with E-state index < -0.39 is 5.91 Å². The summed E-state index contributed by atoms with van der Waals surface area (Å²) in [6.07, 6.45) is 2.24. The fraction of sp³-hybridized carbons (Fsp3) is 0.105. The van der Waals surface area contributed by atoms with Crippen molar-refractivity contribution < 1.29 is 14.4 Å². The number of H-pyrrole nitrogens is 1. The molecular formula is C19H16N4O3. The van der Waals surface area contributed by atoms with Crippen molar-refractivity contribution in [2.45, 2.75) is 6.04 Å². The Labute approximate surface area is 149 Å². The van der Waals surface area contributed by atoms with E-state index in [2.05, 4.69) is 15.8 Å². The smallest absolute Gasteiger partial charge is 0.258 e. The highest BCUT2D eigenvalue weighted by Crippen LogP contribution is 2.40. The van der Waals surface area contributed by atoms with Crippen LogP contribution < -0.4 is 10.9 Å². The zero-order chi connectivity index (χ0) is 18.1. The Balaban J connectivity index is 1.78. The lowest BCUT2D eigenvalue weighted by atomic mass is 9.97. The molecule has 1 unspecified atom stereocenters. The normalized spacial score (nSPS) is 15.8. The summed E-state index contributed by atoms with van der Waals surface area (Å²) < 4.78 is 0. The van der Waals surface area contributed by atoms with Gasteiger partial charge in [0.1, 0.15) is 6.54 Å². The molecule has 130 valence electrons. The van der Waals surface area contributed by atoms with Crippen molar-refractivity contribution in [3.05, 3.63) is 71.4 Å². The van der Waals surface area contributed by atoms with Crippen LogP contribution in [0.4, 0.5) is 0 Å². The standard InChI is InChI=1S/C19H16N4O3/c24-11-21-22-17(25)10-23-18(13-6-1-2-7-14(13)19(23)26)15-9-20-16-8-4-3-5-12(15)16/h1-9,11,18,20H,10H2,(H,21,24)(H,22,25). The van der Waals surface area contributed by atoms with Crippen LogP contribution in [-0.4, -0.2) is 34.7 Å². The molecule has 7 nitrogen and oxygen atoms in total. The first-order valence-corrected chi connectivity index (χ1v) is 8.14. The van der Waals surface area contributed by atoms with Crippen LogP contribution in [0, 0.1) is 0 Å². The van der Waals surface area contributed by atoms with Gasteiger partial charge in [0.05, 0.1) is 6.04 Å². The minimum Gasteiger partial charge on any atom is -0.361 e. The van der Waals surface area contributed by atoms with Crippen molar-refractivity contribution in [3.63, 3.8) is 0 Å². The number of carbonyl (C=O) groups is 3. The van der Waals surface area contributed by atoms with Gasteiger partial charge in [-0.15, -0.1) is 0 Å². The van der Waals surface area contributed by atoms with Gasteiger partial charge in [0.15, 0.2) is 0 Å². The lowest BCUT2D eigenvalue weighted by Crippen LogP contribution is -2.44. The molecule has 0 spiro atoms. The minimum absolute atomic E-state index is 0.168. The Morgan fingerprint density at radius 1 is 1.12 bits per heavy atom. The van der Waals surface area contributed by atoms with Gasteiger partial charge in [-0.25, -0.2) is 0 Å². The highest BCUT2D eigenvalue weighted by atomic mass is 16.2. The molecule has 1 aliphatic heterocycles. The van der Waals surface area contributed by atoms with Crippen LogP contribution in [-0.2, 0) is 9.59 Å². The zero-order valence-electron chi connectivity index (χ0n) is 13.7. The Morgan fingerprint density at radius 3 is 2.73 bits per heavy atom. The Hall–Kier alpha value is -3.61. The lowest BCUT2D eigenvalue weighted by molar-refractivity contribution is -0.125. The first kappa shape index (κ1) is 15.9. The van der Waals surface area contributed by atoms with Crippen molar-refractivity contribution in [2.24, 2.45) is 0 Å². The fourth-order valence-corrected chi connectivity index (χ4v) is 3.49. The summed E-state index contributed by atoms with van der Waals surface area (Å²) in [5.74, 6) is -0.680. The molecule has 4 rings (SSSR count). The van der Waals surface area contributed by atoms with Crippen LogP contribution in [0.3, 0.4) is 0 Å². The monoisotopic (exact) mass is 348 g/mol. The third-order valence-electron chi connectivity index (χ3n) is 4.56. The summed E-state index contributed by atoms with van der Waals surface area (Å²) in [6, 6.07) is 14.8. The van der Waals surface area contributed by atoms with Crippen LogP contribution in [0.5, 0.6) is 0 Å². The second-order valence-electron chi connectivity index (χ2n) is 6.02. The van der Waals surface area contributed by atoms with E-state index in [1.165, 1.54) is 4.90 Å². The molecule has 1 aromatic heterocycles. The lowest BCUT2D eigenvalue weighted by Gasteiger charge is -2.24. The molecule has 0 aliphatic carbocycles. The second-order valence-corrected chi connectivity index (χ2v) is 6.02. The van der Waals surface area contributed by atoms with E-state index >= 15 is 0 Å². The fourth-order valence-electron chi connectivity index (χ4n) is 3.49. The molecule has 2 aromatic carbocycles. The van der Waals surface area contributed by atoms with Gasteiger partial charge >= 0.3 is 0 Å².